The third-order valence-electron chi connectivity index (χ3n) is 2.02. The van der Waals surface area contributed by atoms with E-state index < -0.39 is 12.0 Å². The van der Waals surface area contributed by atoms with Crippen LogP contribution in [0.4, 0.5) is 0 Å². The number of nitrogens with two attached hydrogens (primary N) is 1. The van der Waals surface area contributed by atoms with Crippen LogP contribution in [0, 0.1) is 0 Å². The van der Waals surface area contributed by atoms with Crippen LogP contribution < -0.4 is 5.73 Å². The highest BCUT2D eigenvalue weighted by Gasteiger charge is 2.13. The first kappa shape index (κ1) is 17.3. The van der Waals surface area contributed by atoms with E-state index in [1.165, 1.54) is 0 Å². The molecule has 7 heteroatoms. The molecule has 0 bridgehead atoms. The van der Waals surface area contributed by atoms with Crippen molar-refractivity contribution in [2.45, 2.75) is 12.5 Å². The highest BCUT2D eigenvalue weighted by atomic mass is 16.6. The zero-order chi connectivity index (χ0) is 13.6. The van der Waals surface area contributed by atoms with Crippen LogP contribution in [0.5, 0.6) is 0 Å². The van der Waals surface area contributed by atoms with Crippen molar-refractivity contribution < 1.29 is 28.8 Å². The molecule has 1 atom stereocenters. The molecule has 0 saturated heterocycles. The minimum Gasteiger partial charge on any atom is -0.462 e. The molecule has 0 saturated carbocycles. The van der Waals surface area contributed by atoms with Crippen LogP contribution in [0.15, 0.2) is 0 Å². The quantitative estimate of drug-likeness (QED) is 0.342. The Kier molecular flexibility index (Phi) is 12.2. The molecular formula is C11H23NO6. The summed E-state index contributed by atoms with van der Waals surface area (Å²) < 4.78 is 20.0. The van der Waals surface area contributed by atoms with Crippen LogP contribution in [-0.2, 0) is 23.7 Å². The normalized spacial score (nSPS) is 12.4. The van der Waals surface area contributed by atoms with Crippen LogP contribution in [0.3, 0.4) is 0 Å². The zero-order valence-corrected chi connectivity index (χ0v) is 10.8. The van der Waals surface area contributed by atoms with Gasteiger partial charge in [-0.2, -0.15) is 0 Å². The molecular weight excluding hydrogens is 242 g/mol. The summed E-state index contributed by atoms with van der Waals surface area (Å²) in [4.78, 5) is 11.2. The van der Waals surface area contributed by atoms with Gasteiger partial charge in [-0.3, -0.25) is 4.79 Å². The summed E-state index contributed by atoms with van der Waals surface area (Å²) in [5, 5.41) is 8.58. The summed E-state index contributed by atoms with van der Waals surface area (Å²) in [6, 6.07) is -0.771. The maximum absolute atomic E-state index is 11.2. The van der Waals surface area contributed by atoms with Gasteiger partial charge in [-0.1, -0.05) is 0 Å². The summed E-state index contributed by atoms with van der Waals surface area (Å²) in [7, 11) is 1.61. The predicted molar refractivity (Wildman–Crippen MR) is 64.2 cm³/mol. The lowest BCUT2D eigenvalue weighted by Crippen LogP contribution is -2.33. The highest BCUT2D eigenvalue weighted by molar-refractivity contribution is 5.75. The van der Waals surface area contributed by atoms with Crippen molar-refractivity contribution in [2.75, 3.05) is 53.4 Å². The van der Waals surface area contributed by atoms with E-state index in [-0.39, 0.29) is 19.6 Å². The largest absolute Gasteiger partial charge is 0.462 e. The van der Waals surface area contributed by atoms with E-state index in [0.717, 1.165) is 0 Å². The average Bonchev–Trinajstić information content (AvgIpc) is 2.36. The lowest BCUT2D eigenvalue weighted by molar-refractivity contribution is -0.147. The molecule has 0 aliphatic rings. The Balaban J connectivity index is 3.22. The Morgan fingerprint density at radius 1 is 1.11 bits per heavy atom. The number of hydrogen-bond donors (Lipinski definition) is 2. The summed E-state index contributed by atoms with van der Waals surface area (Å²) >= 11 is 0. The van der Waals surface area contributed by atoms with Crippen molar-refractivity contribution >= 4 is 5.97 Å². The molecule has 0 radical (unpaired) electrons. The SMILES string of the molecule is COCCOCCOCCOC(=O)C(N)CCO. The molecule has 0 fully saturated rings. The molecule has 0 heterocycles. The van der Waals surface area contributed by atoms with Crippen molar-refractivity contribution in [3.05, 3.63) is 0 Å². The summed E-state index contributed by atoms with van der Waals surface area (Å²) in [5.74, 6) is -0.524. The van der Waals surface area contributed by atoms with Gasteiger partial charge < -0.3 is 29.8 Å². The van der Waals surface area contributed by atoms with Crippen LogP contribution in [0.25, 0.3) is 0 Å². The Morgan fingerprint density at radius 2 is 1.67 bits per heavy atom. The number of rotatable bonds is 12. The van der Waals surface area contributed by atoms with Gasteiger partial charge in [-0.25, -0.2) is 0 Å². The fourth-order valence-corrected chi connectivity index (χ4v) is 1.03. The van der Waals surface area contributed by atoms with Gasteiger partial charge in [0, 0.05) is 13.7 Å². The van der Waals surface area contributed by atoms with E-state index in [1.807, 2.05) is 0 Å². The number of carbonyl (C=O) groups excluding carboxylic acids is 1. The molecule has 0 aromatic rings. The minimum atomic E-state index is -0.771. The molecule has 7 nitrogen and oxygen atoms in total. The van der Waals surface area contributed by atoms with Crippen LogP contribution in [-0.4, -0.2) is 70.5 Å². The van der Waals surface area contributed by atoms with Gasteiger partial charge in [0.25, 0.3) is 0 Å². The Bertz CT molecular complexity index is 202. The van der Waals surface area contributed by atoms with Crippen molar-refractivity contribution in [2.24, 2.45) is 5.73 Å². The van der Waals surface area contributed by atoms with E-state index >= 15 is 0 Å². The van der Waals surface area contributed by atoms with Crippen molar-refractivity contribution in [3.63, 3.8) is 0 Å². The Hall–Kier alpha value is -0.730. The van der Waals surface area contributed by atoms with Crippen LogP contribution >= 0.6 is 0 Å². The first-order valence-corrected chi connectivity index (χ1v) is 5.90. The Morgan fingerprint density at radius 3 is 2.22 bits per heavy atom. The molecule has 0 rings (SSSR count). The first-order chi connectivity index (χ1) is 8.72. The highest BCUT2D eigenvalue weighted by Crippen LogP contribution is 1.91. The third-order valence-corrected chi connectivity index (χ3v) is 2.02. The monoisotopic (exact) mass is 265 g/mol. The lowest BCUT2D eigenvalue weighted by atomic mass is 10.2. The first-order valence-electron chi connectivity index (χ1n) is 5.90. The van der Waals surface area contributed by atoms with Crippen molar-refractivity contribution in [1.82, 2.24) is 0 Å². The third kappa shape index (κ3) is 10.4. The van der Waals surface area contributed by atoms with Crippen LogP contribution in [0.1, 0.15) is 6.42 Å². The van der Waals surface area contributed by atoms with Gasteiger partial charge in [0.1, 0.15) is 12.6 Å². The number of methoxy groups -OCH3 is 1. The van der Waals surface area contributed by atoms with E-state index in [1.54, 1.807) is 7.11 Å². The molecule has 0 aromatic carbocycles. The molecule has 0 spiro atoms. The fraction of sp³-hybridized carbons (Fsp3) is 0.909. The van der Waals surface area contributed by atoms with Crippen molar-refractivity contribution in [1.29, 1.82) is 0 Å². The molecule has 0 aliphatic heterocycles. The number of aliphatic hydroxyl groups is 1. The van der Waals surface area contributed by atoms with E-state index in [9.17, 15) is 4.79 Å². The predicted octanol–water partition coefficient (Wildman–Crippen LogP) is -1.08. The van der Waals surface area contributed by atoms with E-state index in [4.69, 9.17) is 29.8 Å². The van der Waals surface area contributed by atoms with Gasteiger partial charge in [0.2, 0.25) is 0 Å². The number of esters is 1. The van der Waals surface area contributed by atoms with E-state index in [0.29, 0.717) is 33.0 Å². The minimum absolute atomic E-state index is 0.133. The van der Waals surface area contributed by atoms with Gasteiger partial charge >= 0.3 is 5.97 Å². The second kappa shape index (κ2) is 12.7. The number of ether oxygens (including phenoxy) is 4. The summed E-state index contributed by atoms with van der Waals surface area (Å²) in [5.41, 5.74) is 5.43. The molecule has 108 valence electrons. The molecule has 0 amide bonds. The van der Waals surface area contributed by atoms with Gasteiger partial charge in [0.15, 0.2) is 0 Å². The maximum Gasteiger partial charge on any atom is 0.323 e. The van der Waals surface area contributed by atoms with Crippen molar-refractivity contribution in [3.8, 4) is 0 Å². The molecule has 18 heavy (non-hydrogen) atoms. The topological polar surface area (TPSA) is 100 Å². The standard InChI is InChI=1S/C11H23NO6/c1-15-4-5-16-6-7-17-8-9-18-11(14)10(12)2-3-13/h10,13H,2-9,12H2,1H3. The maximum atomic E-state index is 11.2. The fourth-order valence-electron chi connectivity index (χ4n) is 1.03. The second-order valence-corrected chi connectivity index (χ2v) is 3.50. The average molecular weight is 265 g/mol. The summed E-state index contributed by atoms with van der Waals surface area (Å²) in [6.45, 7) is 2.31. The van der Waals surface area contributed by atoms with E-state index in [2.05, 4.69) is 0 Å². The van der Waals surface area contributed by atoms with Gasteiger partial charge in [-0.05, 0) is 6.42 Å². The number of aliphatic hydroxyl groups excluding tert-OH is 1. The number of hydrogen-bond acceptors (Lipinski definition) is 7. The Labute approximate surface area is 107 Å². The number of carbonyl (C=O) groups is 1. The molecule has 0 aliphatic carbocycles. The smallest absolute Gasteiger partial charge is 0.323 e. The second-order valence-electron chi connectivity index (χ2n) is 3.50. The van der Waals surface area contributed by atoms with Gasteiger partial charge in [-0.15, -0.1) is 0 Å². The molecule has 3 N–H and O–H groups in total. The summed E-state index contributed by atoms with van der Waals surface area (Å²) in [6.07, 6.45) is 0.201. The zero-order valence-electron chi connectivity index (χ0n) is 10.8. The van der Waals surface area contributed by atoms with Gasteiger partial charge in [0.05, 0.1) is 33.0 Å². The molecule has 1 unspecified atom stereocenters. The molecule has 0 aromatic heterocycles. The van der Waals surface area contributed by atoms with Crippen LogP contribution in [0.2, 0.25) is 0 Å². The lowest BCUT2D eigenvalue weighted by Gasteiger charge is -2.10.